The number of aromatic nitrogens is 2. The van der Waals surface area contributed by atoms with E-state index in [1.54, 1.807) is 24.5 Å². The lowest BCUT2D eigenvalue weighted by atomic mass is 10.2. The Morgan fingerprint density at radius 1 is 1.41 bits per heavy atom. The zero-order valence-electron chi connectivity index (χ0n) is 8.59. The lowest BCUT2D eigenvalue weighted by Crippen LogP contribution is -2.01. The molecule has 2 heterocycles. The minimum atomic E-state index is -1.09. The Labute approximate surface area is 102 Å². The van der Waals surface area contributed by atoms with Crippen molar-refractivity contribution in [2.75, 3.05) is 5.32 Å². The van der Waals surface area contributed by atoms with Gasteiger partial charge in [-0.3, -0.25) is 4.98 Å². The second-order valence-electron chi connectivity index (χ2n) is 3.22. The largest absolute Gasteiger partial charge is 0.478 e. The molecule has 6 heteroatoms. The third-order valence-corrected chi connectivity index (χ3v) is 2.32. The summed E-state index contributed by atoms with van der Waals surface area (Å²) in [5.74, 6) is -0.688. The van der Waals surface area contributed by atoms with Gasteiger partial charge >= 0.3 is 5.97 Å². The van der Waals surface area contributed by atoms with Crippen LogP contribution in [0.5, 0.6) is 0 Å². The molecule has 0 saturated carbocycles. The summed E-state index contributed by atoms with van der Waals surface area (Å²) in [6.45, 7) is 0. The van der Waals surface area contributed by atoms with Gasteiger partial charge < -0.3 is 10.4 Å². The maximum atomic E-state index is 10.9. The van der Waals surface area contributed by atoms with E-state index in [2.05, 4.69) is 15.3 Å². The number of hydrogen-bond donors (Lipinski definition) is 2. The Morgan fingerprint density at radius 3 is 2.88 bits per heavy atom. The summed E-state index contributed by atoms with van der Waals surface area (Å²) in [5, 5.41) is 11.9. The third-order valence-electron chi connectivity index (χ3n) is 2.02. The molecule has 0 aromatic carbocycles. The third kappa shape index (κ3) is 2.70. The number of rotatable bonds is 3. The summed E-state index contributed by atoms with van der Waals surface area (Å²) >= 11 is 5.71. The quantitative estimate of drug-likeness (QED) is 0.874. The van der Waals surface area contributed by atoms with Crippen molar-refractivity contribution in [3.8, 4) is 0 Å². The molecule has 0 radical (unpaired) electrons. The van der Waals surface area contributed by atoms with E-state index >= 15 is 0 Å². The molecule has 0 aliphatic heterocycles. The average Bonchev–Trinajstić information content (AvgIpc) is 2.32. The molecular weight excluding hydrogens is 242 g/mol. The Hall–Kier alpha value is -2.14. The fourth-order valence-corrected chi connectivity index (χ4v) is 1.44. The lowest BCUT2D eigenvalue weighted by molar-refractivity contribution is 0.0697. The molecule has 0 spiro atoms. The van der Waals surface area contributed by atoms with Crippen LogP contribution in [0.25, 0.3) is 0 Å². The Morgan fingerprint density at radius 2 is 2.24 bits per heavy atom. The molecule has 86 valence electrons. The summed E-state index contributed by atoms with van der Waals surface area (Å²) in [5.41, 5.74) is 0.728. The molecule has 0 aliphatic rings. The standard InChI is InChI=1S/C11H8ClN3O2/c12-9-6-14-10(4-8(9)11(16)17)15-7-2-1-3-13-5-7/h1-6H,(H,14,15)(H,16,17). The molecule has 0 fully saturated rings. The fourth-order valence-electron chi connectivity index (χ4n) is 1.26. The van der Waals surface area contributed by atoms with Crippen molar-refractivity contribution < 1.29 is 9.90 Å². The summed E-state index contributed by atoms with van der Waals surface area (Å²) < 4.78 is 0. The van der Waals surface area contributed by atoms with Crippen LogP contribution in [-0.2, 0) is 0 Å². The molecule has 2 aromatic rings. The van der Waals surface area contributed by atoms with Crippen molar-refractivity contribution >= 4 is 29.1 Å². The molecule has 0 atom stereocenters. The van der Waals surface area contributed by atoms with Gasteiger partial charge in [-0.25, -0.2) is 9.78 Å². The van der Waals surface area contributed by atoms with E-state index < -0.39 is 5.97 Å². The monoisotopic (exact) mass is 249 g/mol. The molecule has 0 aliphatic carbocycles. The van der Waals surface area contributed by atoms with Crippen molar-refractivity contribution in [1.29, 1.82) is 0 Å². The minimum Gasteiger partial charge on any atom is -0.478 e. The van der Waals surface area contributed by atoms with Crippen LogP contribution in [0.3, 0.4) is 0 Å². The van der Waals surface area contributed by atoms with Gasteiger partial charge in [0.05, 0.1) is 22.5 Å². The molecule has 2 aromatic heterocycles. The Bertz CT molecular complexity index is 546. The smallest absolute Gasteiger partial charge is 0.337 e. The van der Waals surface area contributed by atoms with Gasteiger partial charge in [0.25, 0.3) is 0 Å². The zero-order chi connectivity index (χ0) is 12.3. The van der Waals surface area contributed by atoms with Crippen molar-refractivity contribution in [3.05, 3.63) is 47.4 Å². The first kappa shape index (κ1) is 11.3. The molecule has 0 unspecified atom stereocenters. The maximum Gasteiger partial charge on any atom is 0.337 e. The number of anilines is 2. The predicted molar refractivity (Wildman–Crippen MR) is 63.7 cm³/mol. The number of carbonyl (C=O) groups is 1. The van der Waals surface area contributed by atoms with Gasteiger partial charge in [0, 0.05) is 12.4 Å². The van der Waals surface area contributed by atoms with E-state index in [4.69, 9.17) is 16.7 Å². The van der Waals surface area contributed by atoms with Gasteiger partial charge in [-0.05, 0) is 18.2 Å². The van der Waals surface area contributed by atoms with E-state index in [1.807, 2.05) is 0 Å². The van der Waals surface area contributed by atoms with Gasteiger partial charge in [0.2, 0.25) is 0 Å². The van der Waals surface area contributed by atoms with Crippen LogP contribution in [0.4, 0.5) is 11.5 Å². The number of carboxylic acid groups (broad SMARTS) is 1. The predicted octanol–water partition coefficient (Wildman–Crippen LogP) is 2.57. The van der Waals surface area contributed by atoms with Gasteiger partial charge in [0.1, 0.15) is 5.82 Å². The second kappa shape index (κ2) is 4.80. The van der Waals surface area contributed by atoms with E-state index in [0.717, 1.165) is 5.69 Å². The highest BCUT2D eigenvalue weighted by Crippen LogP contribution is 2.20. The Kier molecular flexibility index (Phi) is 3.20. The first-order valence-corrected chi connectivity index (χ1v) is 5.10. The molecule has 0 amide bonds. The number of nitrogens with zero attached hydrogens (tertiary/aromatic N) is 2. The molecule has 0 bridgehead atoms. The highest BCUT2D eigenvalue weighted by molar-refractivity contribution is 6.33. The van der Waals surface area contributed by atoms with Crippen LogP contribution in [-0.4, -0.2) is 21.0 Å². The number of aromatic carboxylic acids is 1. The van der Waals surface area contributed by atoms with E-state index in [1.165, 1.54) is 12.3 Å². The highest BCUT2D eigenvalue weighted by Gasteiger charge is 2.10. The number of nitrogens with one attached hydrogen (secondary N) is 1. The van der Waals surface area contributed by atoms with E-state index in [0.29, 0.717) is 5.82 Å². The van der Waals surface area contributed by atoms with Crippen molar-refractivity contribution in [2.24, 2.45) is 0 Å². The summed E-state index contributed by atoms with van der Waals surface area (Å²) in [6.07, 6.45) is 4.55. The van der Waals surface area contributed by atoms with Gasteiger partial charge in [-0.2, -0.15) is 0 Å². The van der Waals surface area contributed by atoms with Crippen molar-refractivity contribution in [3.63, 3.8) is 0 Å². The van der Waals surface area contributed by atoms with Crippen LogP contribution in [0.1, 0.15) is 10.4 Å². The van der Waals surface area contributed by atoms with Crippen LogP contribution >= 0.6 is 11.6 Å². The van der Waals surface area contributed by atoms with Gasteiger partial charge in [0.15, 0.2) is 0 Å². The highest BCUT2D eigenvalue weighted by atomic mass is 35.5. The molecule has 0 saturated heterocycles. The first-order valence-electron chi connectivity index (χ1n) is 4.72. The van der Waals surface area contributed by atoms with Crippen molar-refractivity contribution in [1.82, 2.24) is 9.97 Å². The molecular formula is C11H8ClN3O2. The molecule has 5 nitrogen and oxygen atoms in total. The SMILES string of the molecule is O=C(O)c1cc(Nc2cccnc2)ncc1Cl. The van der Waals surface area contributed by atoms with Crippen molar-refractivity contribution in [2.45, 2.75) is 0 Å². The average molecular weight is 250 g/mol. The maximum absolute atomic E-state index is 10.9. The van der Waals surface area contributed by atoms with E-state index in [-0.39, 0.29) is 10.6 Å². The lowest BCUT2D eigenvalue weighted by Gasteiger charge is -2.06. The first-order chi connectivity index (χ1) is 8.16. The van der Waals surface area contributed by atoms with Crippen LogP contribution < -0.4 is 5.32 Å². The topological polar surface area (TPSA) is 75.1 Å². The van der Waals surface area contributed by atoms with Gasteiger partial charge in [-0.15, -0.1) is 0 Å². The minimum absolute atomic E-state index is 0.00746. The Balaban J connectivity index is 2.29. The van der Waals surface area contributed by atoms with Crippen LogP contribution in [0.15, 0.2) is 36.8 Å². The molecule has 17 heavy (non-hydrogen) atoms. The number of carboxylic acids is 1. The number of halogens is 1. The zero-order valence-corrected chi connectivity index (χ0v) is 9.35. The summed E-state index contributed by atoms with van der Waals surface area (Å²) in [6, 6.07) is 4.93. The normalized spacial score (nSPS) is 9.94. The number of hydrogen-bond acceptors (Lipinski definition) is 4. The molecule has 2 N–H and O–H groups in total. The fraction of sp³-hybridized carbons (Fsp3) is 0. The summed E-state index contributed by atoms with van der Waals surface area (Å²) in [4.78, 5) is 18.8. The number of pyridine rings is 2. The van der Waals surface area contributed by atoms with Gasteiger partial charge in [-0.1, -0.05) is 11.6 Å². The molecule has 2 rings (SSSR count). The summed E-state index contributed by atoms with van der Waals surface area (Å²) in [7, 11) is 0. The van der Waals surface area contributed by atoms with Crippen LogP contribution in [0.2, 0.25) is 5.02 Å². The second-order valence-corrected chi connectivity index (χ2v) is 3.63. The van der Waals surface area contributed by atoms with Crippen LogP contribution in [0, 0.1) is 0 Å². The van der Waals surface area contributed by atoms with E-state index in [9.17, 15) is 4.79 Å².